The van der Waals surface area contributed by atoms with Crippen molar-refractivity contribution in [1.82, 2.24) is 24.0 Å². The summed E-state index contributed by atoms with van der Waals surface area (Å²) in [5.74, 6) is 1.23. The van der Waals surface area contributed by atoms with Crippen LogP contribution < -0.4 is 16.2 Å². The third-order valence-electron chi connectivity index (χ3n) is 6.42. The van der Waals surface area contributed by atoms with Crippen molar-refractivity contribution in [3.05, 3.63) is 83.1 Å². The monoisotopic (exact) mass is 509 g/mol. The number of allylic oxidation sites excluding steroid dienone is 1. The van der Waals surface area contributed by atoms with Crippen molar-refractivity contribution in [1.29, 1.82) is 5.26 Å². The van der Waals surface area contributed by atoms with E-state index in [1.165, 1.54) is 10.9 Å². The fraction of sp³-hybridized carbons (Fsp3) is 0.250. The molecule has 10 heteroatoms. The van der Waals surface area contributed by atoms with Crippen LogP contribution in [0.1, 0.15) is 26.3 Å². The second kappa shape index (κ2) is 10.2. The van der Waals surface area contributed by atoms with Gasteiger partial charge < -0.3 is 15.4 Å². The molecule has 0 saturated carbocycles. The first-order valence-corrected chi connectivity index (χ1v) is 12.3. The van der Waals surface area contributed by atoms with Gasteiger partial charge in [0.15, 0.2) is 11.5 Å². The molecule has 2 aromatic heterocycles. The molecule has 1 amide bonds. The van der Waals surface area contributed by atoms with Crippen molar-refractivity contribution in [2.45, 2.75) is 26.3 Å². The average Bonchev–Trinajstić information content (AvgIpc) is 3.51. The summed E-state index contributed by atoms with van der Waals surface area (Å²) in [6.45, 7) is 4.53. The van der Waals surface area contributed by atoms with Crippen molar-refractivity contribution in [2.24, 2.45) is 5.92 Å². The summed E-state index contributed by atoms with van der Waals surface area (Å²) in [7, 11) is 0. The first-order chi connectivity index (χ1) is 18.4. The summed E-state index contributed by atoms with van der Waals surface area (Å²) in [4.78, 5) is 36.9. The van der Waals surface area contributed by atoms with Crippen LogP contribution in [0.25, 0.3) is 16.9 Å². The molecule has 0 unspecified atom stereocenters. The number of ether oxygens (including phenoxy) is 1. The molecule has 2 N–H and O–H groups in total. The fourth-order valence-electron chi connectivity index (χ4n) is 4.72. The standard InChI is InChI=1S/C28H27N7O3/c1-18(2)14-19(15-29)27(36)33-13-12-21(16-33)35-26-24(25(30)31-17-32-26)34(28(35)37)20-8-10-23(11-9-20)38-22-6-4-3-5-7-22/h3-11,14,17-18,21H,12-13,16H2,1-2H3,(H2,30,31,32)/b19-14-/t21-/m0/s1. The Bertz CT molecular complexity index is 1610. The molecular formula is C28H27N7O3. The van der Waals surface area contributed by atoms with E-state index in [9.17, 15) is 14.9 Å². The Morgan fingerprint density at radius 1 is 1.13 bits per heavy atom. The van der Waals surface area contributed by atoms with Crippen LogP contribution in [0.5, 0.6) is 11.5 Å². The number of hydrogen-bond donors (Lipinski definition) is 1. The number of hydrogen-bond acceptors (Lipinski definition) is 7. The number of nitrogens with two attached hydrogens (primary N) is 1. The molecule has 1 fully saturated rings. The minimum absolute atomic E-state index is 0.0664. The van der Waals surface area contributed by atoms with Crippen LogP contribution in [0.2, 0.25) is 0 Å². The van der Waals surface area contributed by atoms with Gasteiger partial charge in [0.25, 0.3) is 5.91 Å². The number of likely N-dealkylation sites (tertiary alicyclic amines) is 1. The van der Waals surface area contributed by atoms with E-state index in [-0.39, 0.29) is 41.5 Å². The van der Waals surface area contributed by atoms with Gasteiger partial charge >= 0.3 is 5.69 Å². The Kier molecular flexibility index (Phi) is 6.66. The van der Waals surface area contributed by atoms with Gasteiger partial charge in [-0.05, 0) is 48.7 Å². The van der Waals surface area contributed by atoms with Crippen LogP contribution in [0.15, 0.2) is 77.4 Å². The van der Waals surface area contributed by atoms with E-state index in [4.69, 9.17) is 10.5 Å². The number of amides is 1. The normalized spacial score (nSPS) is 15.7. The number of nitrogens with zero attached hydrogens (tertiary/aromatic N) is 6. The number of benzene rings is 2. The number of nitrogen functional groups attached to an aromatic ring is 1. The van der Waals surface area contributed by atoms with Crippen molar-refractivity contribution >= 4 is 22.9 Å². The van der Waals surface area contributed by atoms with Crippen molar-refractivity contribution in [2.75, 3.05) is 18.8 Å². The molecule has 192 valence electrons. The highest BCUT2D eigenvalue weighted by molar-refractivity contribution is 5.97. The number of para-hydroxylation sites is 1. The van der Waals surface area contributed by atoms with Gasteiger partial charge in [0, 0.05) is 13.1 Å². The van der Waals surface area contributed by atoms with Gasteiger partial charge in [-0.1, -0.05) is 38.1 Å². The van der Waals surface area contributed by atoms with Gasteiger partial charge in [-0.25, -0.2) is 14.8 Å². The Balaban J connectivity index is 1.49. The summed E-state index contributed by atoms with van der Waals surface area (Å²) >= 11 is 0. The number of carbonyl (C=O) groups is 1. The largest absolute Gasteiger partial charge is 0.457 e. The summed E-state index contributed by atoms with van der Waals surface area (Å²) < 4.78 is 8.94. The van der Waals surface area contributed by atoms with Crippen LogP contribution >= 0.6 is 0 Å². The van der Waals surface area contributed by atoms with Gasteiger partial charge in [0.05, 0.1) is 11.7 Å². The molecule has 1 atom stereocenters. The lowest BCUT2D eigenvalue weighted by Gasteiger charge is -2.16. The molecule has 5 rings (SSSR count). The fourth-order valence-corrected chi connectivity index (χ4v) is 4.72. The van der Waals surface area contributed by atoms with E-state index >= 15 is 0 Å². The summed E-state index contributed by atoms with van der Waals surface area (Å²) in [5, 5.41) is 9.47. The summed E-state index contributed by atoms with van der Waals surface area (Å²) in [6, 6.07) is 18.2. The molecule has 38 heavy (non-hydrogen) atoms. The maximum absolute atomic E-state index is 13.8. The topological polar surface area (TPSA) is 132 Å². The van der Waals surface area contributed by atoms with Gasteiger partial charge in [0.1, 0.15) is 35.0 Å². The van der Waals surface area contributed by atoms with E-state index < -0.39 is 0 Å². The van der Waals surface area contributed by atoms with Crippen molar-refractivity contribution in [3.8, 4) is 23.3 Å². The van der Waals surface area contributed by atoms with Crippen LogP contribution in [-0.4, -0.2) is 43.0 Å². The minimum Gasteiger partial charge on any atom is -0.457 e. The molecule has 0 bridgehead atoms. The SMILES string of the molecule is CC(C)/C=C(/C#N)C(=O)N1CC[C@H](n2c(=O)n(-c3ccc(Oc4ccccc4)cc3)c3c(N)ncnc32)C1. The quantitative estimate of drug-likeness (QED) is 0.308. The van der Waals surface area contributed by atoms with E-state index in [0.29, 0.717) is 41.3 Å². The maximum atomic E-state index is 13.8. The molecule has 10 nitrogen and oxygen atoms in total. The van der Waals surface area contributed by atoms with E-state index in [2.05, 4.69) is 9.97 Å². The molecule has 1 aliphatic heterocycles. The molecule has 3 heterocycles. The second-order valence-electron chi connectivity index (χ2n) is 9.46. The molecule has 0 aliphatic carbocycles. The first kappa shape index (κ1) is 24.8. The molecule has 0 spiro atoms. The van der Waals surface area contributed by atoms with E-state index in [1.54, 1.807) is 39.8 Å². The van der Waals surface area contributed by atoms with Gasteiger partial charge in [0.2, 0.25) is 0 Å². The number of imidazole rings is 1. The number of aromatic nitrogens is 4. The molecule has 1 aliphatic rings. The molecule has 2 aromatic carbocycles. The molecule has 4 aromatic rings. The number of anilines is 1. The van der Waals surface area contributed by atoms with Crippen LogP contribution in [0, 0.1) is 17.2 Å². The van der Waals surface area contributed by atoms with Crippen LogP contribution in [0.4, 0.5) is 5.82 Å². The Labute approximate surface area is 219 Å². The minimum atomic E-state index is -0.332. The lowest BCUT2D eigenvalue weighted by Crippen LogP contribution is -2.32. The zero-order valence-corrected chi connectivity index (χ0v) is 21.1. The highest BCUT2D eigenvalue weighted by atomic mass is 16.5. The van der Waals surface area contributed by atoms with Crippen molar-refractivity contribution in [3.63, 3.8) is 0 Å². The smallest absolute Gasteiger partial charge is 0.335 e. The molecule has 0 radical (unpaired) electrons. The van der Waals surface area contributed by atoms with Gasteiger partial charge in [-0.15, -0.1) is 0 Å². The zero-order chi connectivity index (χ0) is 26.8. The third kappa shape index (κ3) is 4.62. The Morgan fingerprint density at radius 2 is 1.84 bits per heavy atom. The highest BCUT2D eigenvalue weighted by Gasteiger charge is 2.33. The van der Waals surface area contributed by atoms with Gasteiger partial charge in [-0.3, -0.25) is 13.9 Å². The van der Waals surface area contributed by atoms with Crippen LogP contribution in [-0.2, 0) is 4.79 Å². The van der Waals surface area contributed by atoms with E-state index in [0.717, 1.165) is 0 Å². The highest BCUT2D eigenvalue weighted by Crippen LogP contribution is 2.29. The van der Waals surface area contributed by atoms with Gasteiger partial charge in [-0.2, -0.15) is 5.26 Å². The number of nitriles is 1. The summed E-state index contributed by atoms with van der Waals surface area (Å²) in [5.41, 5.74) is 7.38. The maximum Gasteiger partial charge on any atom is 0.335 e. The number of carbonyl (C=O) groups excluding carboxylic acids is 1. The predicted octanol–water partition coefficient (Wildman–Crippen LogP) is 3.84. The molecular weight excluding hydrogens is 482 g/mol. The second-order valence-corrected chi connectivity index (χ2v) is 9.46. The van der Waals surface area contributed by atoms with E-state index in [1.807, 2.05) is 50.2 Å². The first-order valence-electron chi connectivity index (χ1n) is 12.3. The summed E-state index contributed by atoms with van der Waals surface area (Å²) in [6.07, 6.45) is 3.53. The van der Waals surface area contributed by atoms with Crippen molar-refractivity contribution < 1.29 is 9.53 Å². The Hall–Kier alpha value is -4.91. The Morgan fingerprint density at radius 3 is 2.53 bits per heavy atom. The number of fused-ring (bicyclic) bond motifs is 1. The third-order valence-corrected chi connectivity index (χ3v) is 6.42. The lowest BCUT2D eigenvalue weighted by molar-refractivity contribution is -0.125. The number of rotatable bonds is 6. The predicted molar refractivity (Wildman–Crippen MR) is 143 cm³/mol. The average molecular weight is 510 g/mol. The van der Waals surface area contributed by atoms with Crippen LogP contribution in [0.3, 0.4) is 0 Å². The zero-order valence-electron chi connectivity index (χ0n) is 21.1. The lowest BCUT2D eigenvalue weighted by atomic mass is 10.1. The molecule has 1 saturated heterocycles.